The zero-order chi connectivity index (χ0) is 28.7. The standard InChI is InChI=1S/C29H36N8O3S/c1-18(2)25-26(21-11-37-28(30-17-31-37)20(4)19(21)3)32-22-5-6-23(33-27(22)25)35-7-9-36(10-8-35)24(38)12-34-13-29(14-34)15-41(39,40)16-29/h5-6,11,17-18,32H,7-10,12-16H2,1-4H3. The number of nitrogens with zero attached hydrogens (tertiary/aromatic N) is 7. The molecule has 41 heavy (non-hydrogen) atoms. The van der Waals surface area contributed by atoms with Gasteiger partial charge in [0.15, 0.2) is 15.5 Å². The van der Waals surface area contributed by atoms with Crippen molar-refractivity contribution < 1.29 is 13.2 Å². The van der Waals surface area contributed by atoms with Crippen LogP contribution in [0.4, 0.5) is 5.82 Å². The van der Waals surface area contributed by atoms with Crippen molar-refractivity contribution in [3.63, 3.8) is 0 Å². The Kier molecular flexibility index (Phi) is 5.95. The molecule has 3 fully saturated rings. The van der Waals surface area contributed by atoms with Gasteiger partial charge in [-0.3, -0.25) is 9.69 Å². The summed E-state index contributed by atoms with van der Waals surface area (Å²) >= 11 is 0. The molecule has 3 saturated heterocycles. The summed E-state index contributed by atoms with van der Waals surface area (Å²) < 4.78 is 25.0. The number of sulfone groups is 1. The molecule has 0 saturated carbocycles. The normalized spacial score (nSPS) is 20.2. The lowest BCUT2D eigenvalue weighted by molar-refractivity contribution is -0.135. The first-order chi connectivity index (χ1) is 19.5. The fraction of sp³-hybridized carbons (Fsp3) is 0.517. The van der Waals surface area contributed by atoms with Gasteiger partial charge in [0, 0.05) is 62.0 Å². The molecular weight excluding hydrogens is 540 g/mol. The van der Waals surface area contributed by atoms with E-state index in [1.165, 1.54) is 11.1 Å². The third-order valence-electron chi connectivity index (χ3n) is 9.12. The Morgan fingerprint density at radius 3 is 2.49 bits per heavy atom. The lowest BCUT2D eigenvalue weighted by atomic mass is 9.83. The summed E-state index contributed by atoms with van der Waals surface area (Å²) in [5.74, 6) is 1.85. The molecule has 0 aromatic carbocycles. The van der Waals surface area contributed by atoms with Crippen LogP contribution >= 0.6 is 0 Å². The third-order valence-corrected chi connectivity index (χ3v) is 11.2. The van der Waals surface area contributed by atoms with E-state index < -0.39 is 9.84 Å². The van der Waals surface area contributed by atoms with Crippen molar-refractivity contribution in [2.75, 3.05) is 62.2 Å². The van der Waals surface area contributed by atoms with E-state index in [4.69, 9.17) is 4.98 Å². The van der Waals surface area contributed by atoms with Gasteiger partial charge in [-0.15, -0.1) is 0 Å². The van der Waals surface area contributed by atoms with E-state index >= 15 is 0 Å². The number of likely N-dealkylation sites (tertiary alicyclic amines) is 1. The molecule has 0 atom stereocenters. The molecule has 12 heteroatoms. The van der Waals surface area contributed by atoms with Crippen LogP contribution in [0, 0.1) is 19.3 Å². The van der Waals surface area contributed by atoms with Crippen molar-refractivity contribution in [1.82, 2.24) is 34.4 Å². The molecule has 0 aliphatic carbocycles. The molecule has 7 heterocycles. The van der Waals surface area contributed by atoms with Crippen LogP contribution in [0.2, 0.25) is 0 Å². The number of aryl methyl sites for hydroxylation is 1. The van der Waals surface area contributed by atoms with Crippen molar-refractivity contribution in [3.8, 4) is 11.3 Å². The average Bonchev–Trinajstić information content (AvgIpc) is 3.53. The summed E-state index contributed by atoms with van der Waals surface area (Å²) in [5, 5.41) is 4.39. The number of nitrogens with one attached hydrogen (secondary N) is 1. The van der Waals surface area contributed by atoms with Crippen LogP contribution in [0.1, 0.15) is 36.5 Å². The molecule has 0 radical (unpaired) electrons. The van der Waals surface area contributed by atoms with E-state index in [0.29, 0.717) is 32.7 Å². The highest BCUT2D eigenvalue weighted by atomic mass is 32.2. The minimum atomic E-state index is -2.84. The summed E-state index contributed by atoms with van der Waals surface area (Å²) in [6.45, 7) is 13.2. The topological polar surface area (TPSA) is 120 Å². The first-order valence-corrected chi connectivity index (χ1v) is 16.1. The number of H-pyrrole nitrogens is 1. The molecule has 1 amide bonds. The fourth-order valence-electron chi connectivity index (χ4n) is 7.04. The largest absolute Gasteiger partial charge is 0.353 e. The first-order valence-electron chi connectivity index (χ1n) is 14.3. The molecule has 1 spiro atoms. The number of rotatable bonds is 5. The summed E-state index contributed by atoms with van der Waals surface area (Å²) in [4.78, 5) is 32.4. The Labute approximate surface area is 239 Å². The SMILES string of the molecule is Cc1c(-c2[nH]c3ccc(N4CCN(C(=O)CN5CC6(C5)CS(=O)(=O)C6)CC4)nc3c2C(C)C)cn2ncnc2c1C. The number of piperazine rings is 1. The third kappa shape index (κ3) is 4.39. The zero-order valence-electron chi connectivity index (χ0n) is 24.0. The maximum atomic E-state index is 13.0. The van der Waals surface area contributed by atoms with E-state index in [-0.39, 0.29) is 28.7 Å². The number of aromatic nitrogens is 5. The van der Waals surface area contributed by atoms with Crippen LogP contribution in [0.5, 0.6) is 0 Å². The van der Waals surface area contributed by atoms with Gasteiger partial charge in [0.25, 0.3) is 0 Å². The van der Waals surface area contributed by atoms with Crippen LogP contribution in [-0.2, 0) is 14.6 Å². The molecule has 3 aliphatic heterocycles. The lowest BCUT2D eigenvalue weighted by Gasteiger charge is -2.54. The zero-order valence-corrected chi connectivity index (χ0v) is 24.8. The number of pyridine rings is 2. The van der Waals surface area contributed by atoms with E-state index in [1.807, 2.05) is 15.6 Å². The van der Waals surface area contributed by atoms with Crippen LogP contribution in [0.15, 0.2) is 24.7 Å². The second-order valence-electron chi connectivity index (χ2n) is 12.5. The highest BCUT2D eigenvalue weighted by molar-refractivity contribution is 7.92. The van der Waals surface area contributed by atoms with E-state index in [0.717, 1.165) is 52.4 Å². The number of aromatic amines is 1. The molecule has 1 N–H and O–H groups in total. The number of carbonyl (C=O) groups is 1. The second-order valence-corrected chi connectivity index (χ2v) is 14.6. The number of hydrogen-bond donors (Lipinski definition) is 1. The average molecular weight is 577 g/mol. The smallest absolute Gasteiger partial charge is 0.236 e. The molecule has 216 valence electrons. The summed E-state index contributed by atoms with van der Waals surface area (Å²) in [6.07, 6.45) is 3.64. The van der Waals surface area contributed by atoms with Crippen LogP contribution in [0.3, 0.4) is 0 Å². The van der Waals surface area contributed by atoms with Gasteiger partial charge in [0.05, 0.1) is 34.8 Å². The number of carbonyl (C=O) groups excluding carboxylic acids is 1. The first kappa shape index (κ1) is 26.4. The minimum Gasteiger partial charge on any atom is -0.353 e. The molecular formula is C29H36N8O3S. The van der Waals surface area contributed by atoms with Gasteiger partial charge in [-0.1, -0.05) is 13.8 Å². The van der Waals surface area contributed by atoms with E-state index in [2.05, 4.69) is 64.7 Å². The number of amides is 1. The highest BCUT2D eigenvalue weighted by Gasteiger charge is 2.56. The van der Waals surface area contributed by atoms with Gasteiger partial charge in [0.2, 0.25) is 5.91 Å². The predicted molar refractivity (Wildman–Crippen MR) is 158 cm³/mol. The van der Waals surface area contributed by atoms with Crippen LogP contribution < -0.4 is 4.90 Å². The van der Waals surface area contributed by atoms with Crippen molar-refractivity contribution in [2.24, 2.45) is 5.41 Å². The Morgan fingerprint density at radius 2 is 1.80 bits per heavy atom. The molecule has 4 aromatic rings. The minimum absolute atomic E-state index is 0.0876. The molecule has 3 aliphatic rings. The van der Waals surface area contributed by atoms with Gasteiger partial charge in [-0.05, 0) is 43.0 Å². The van der Waals surface area contributed by atoms with Crippen molar-refractivity contribution in [3.05, 3.63) is 41.3 Å². The van der Waals surface area contributed by atoms with Gasteiger partial charge in [0.1, 0.15) is 12.1 Å². The van der Waals surface area contributed by atoms with Gasteiger partial charge < -0.3 is 14.8 Å². The summed E-state index contributed by atoms with van der Waals surface area (Å²) in [7, 11) is -2.84. The Hall–Kier alpha value is -3.51. The summed E-state index contributed by atoms with van der Waals surface area (Å²) in [6, 6.07) is 4.18. The van der Waals surface area contributed by atoms with Crippen molar-refractivity contribution in [1.29, 1.82) is 0 Å². The predicted octanol–water partition coefficient (Wildman–Crippen LogP) is 2.39. The number of anilines is 1. The Bertz CT molecular complexity index is 1780. The summed E-state index contributed by atoms with van der Waals surface area (Å²) in [5.41, 5.74) is 8.40. The lowest BCUT2D eigenvalue weighted by Crippen LogP contribution is -2.69. The van der Waals surface area contributed by atoms with Crippen molar-refractivity contribution in [2.45, 2.75) is 33.6 Å². The number of fused-ring (bicyclic) bond motifs is 2. The quantitative estimate of drug-likeness (QED) is 0.385. The van der Waals surface area contributed by atoms with Crippen LogP contribution in [0.25, 0.3) is 27.9 Å². The molecule has 0 unspecified atom stereocenters. The molecule has 4 aromatic heterocycles. The number of hydrogen-bond acceptors (Lipinski definition) is 8. The monoisotopic (exact) mass is 576 g/mol. The highest BCUT2D eigenvalue weighted by Crippen LogP contribution is 2.41. The van der Waals surface area contributed by atoms with Gasteiger partial charge in [-0.2, -0.15) is 5.10 Å². The van der Waals surface area contributed by atoms with Gasteiger partial charge >= 0.3 is 0 Å². The maximum Gasteiger partial charge on any atom is 0.236 e. The van der Waals surface area contributed by atoms with Crippen molar-refractivity contribution >= 4 is 38.2 Å². The molecule has 11 nitrogen and oxygen atoms in total. The maximum absolute atomic E-state index is 13.0. The van der Waals surface area contributed by atoms with Gasteiger partial charge in [-0.25, -0.2) is 22.9 Å². The molecule has 0 bridgehead atoms. The van der Waals surface area contributed by atoms with E-state index in [1.54, 1.807) is 6.33 Å². The fourth-order valence-corrected chi connectivity index (χ4v) is 9.19. The van der Waals surface area contributed by atoms with Crippen LogP contribution in [-0.4, -0.2) is 106 Å². The van der Waals surface area contributed by atoms with E-state index in [9.17, 15) is 13.2 Å². The second kappa shape index (κ2) is 9.25. The Morgan fingerprint density at radius 1 is 1.07 bits per heavy atom. The molecule has 7 rings (SSSR count). The Balaban J connectivity index is 1.07.